The van der Waals surface area contributed by atoms with Crippen LogP contribution in [0.5, 0.6) is 0 Å². The van der Waals surface area contributed by atoms with Gasteiger partial charge in [0.15, 0.2) is 0 Å². The van der Waals surface area contributed by atoms with Gasteiger partial charge in [-0.2, -0.15) is 0 Å². The number of carbonyl (C=O) groups excluding carboxylic acids is 1. The van der Waals surface area contributed by atoms with Gasteiger partial charge in [-0.05, 0) is 48.0 Å². The summed E-state index contributed by atoms with van der Waals surface area (Å²) >= 11 is 12.1. The molecule has 1 amide bonds. The molecule has 1 aromatic heterocycles. The summed E-state index contributed by atoms with van der Waals surface area (Å²) in [7, 11) is 5.31. The van der Waals surface area contributed by atoms with Gasteiger partial charge in [-0.15, -0.1) is 0 Å². The molecule has 0 aliphatic rings. The Kier molecular flexibility index (Phi) is 7.61. The number of hydrogen-bond acceptors (Lipinski definition) is 5. The first-order chi connectivity index (χ1) is 18.0. The molecule has 0 aliphatic heterocycles. The molecule has 4 aromatic rings. The van der Waals surface area contributed by atoms with Crippen molar-refractivity contribution in [1.82, 2.24) is 14.5 Å². The van der Waals surface area contributed by atoms with Crippen LogP contribution in [0.15, 0.2) is 70.3 Å². The largest absolute Gasteiger partial charge is 0.480 e. The molecule has 0 fully saturated rings. The molecule has 0 bridgehead atoms. The Morgan fingerprint density at radius 1 is 1.00 bits per heavy atom. The minimum atomic E-state index is -1.28. The highest BCUT2D eigenvalue weighted by Crippen LogP contribution is 2.24. The van der Waals surface area contributed by atoms with Gasteiger partial charge in [0.2, 0.25) is 0 Å². The Bertz CT molecular complexity index is 1660. The van der Waals surface area contributed by atoms with Crippen LogP contribution >= 0.6 is 23.2 Å². The maximum atomic E-state index is 13.3. The molecule has 9 nitrogen and oxygen atoms in total. The molecule has 1 atom stereocenters. The lowest BCUT2D eigenvalue weighted by Gasteiger charge is -2.17. The predicted molar refractivity (Wildman–Crippen MR) is 148 cm³/mol. The molecule has 1 unspecified atom stereocenters. The minimum absolute atomic E-state index is 0.0126. The second kappa shape index (κ2) is 10.7. The third-order valence-corrected chi connectivity index (χ3v) is 6.83. The fraction of sp³-hybridized carbons (Fsp3) is 0.185. The van der Waals surface area contributed by atoms with Gasteiger partial charge in [-0.1, -0.05) is 41.4 Å². The van der Waals surface area contributed by atoms with Crippen LogP contribution in [-0.2, 0) is 18.3 Å². The molecule has 1 heterocycles. The number of nitrogens with one attached hydrogen (secondary N) is 1. The SMILES string of the molecule is CN(C)c1ccc2c(c1)c(=O)n(-c1ccc(CC(NC(=O)c3c(Cl)cccc3Cl)C(=O)O)cc1)c(=O)n2C. The zero-order chi connectivity index (χ0) is 27.7. The highest BCUT2D eigenvalue weighted by Gasteiger charge is 2.24. The van der Waals surface area contributed by atoms with Crippen molar-refractivity contribution in [3.63, 3.8) is 0 Å². The van der Waals surface area contributed by atoms with Crippen LogP contribution in [0.1, 0.15) is 15.9 Å². The zero-order valence-electron chi connectivity index (χ0n) is 20.7. The molecule has 0 radical (unpaired) electrons. The summed E-state index contributed by atoms with van der Waals surface area (Å²) in [4.78, 5) is 52.8. The summed E-state index contributed by atoms with van der Waals surface area (Å²) in [6.07, 6.45) is -0.0553. The van der Waals surface area contributed by atoms with Gasteiger partial charge in [0.25, 0.3) is 11.5 Å². The smallest absolute Gasteiger partial charge is 0.335 e. The number of anilines is 1. The molecule has 11 heteroatoms. The number of aromatic nitrogens is 2. The minimum Gasteiger partial charge on any atom is -0.480 e. The number of nitrogens with zero attached hydrogens (tertiary/aromatic N) is 3. The number of benzene rings is 3. The first-order valence-corrected chi connectivity index (χ1v) is 12.2. The summed E-state index contributed by atoms with van der Waals surface area (Å²) < 4.78 is 2.47. The molecule has 2 N–H and O–H groups in total. The summed E-state index contributed by atoms with van der Waals surface area (Å²) in [5.74, 6) is -1.96. The number of carboxylic acids is 1. The van der Waals surface area contributed by atoms with E-state index in [9.17, 15) is 24.3 Å². The quantitative estimate of drug-likeness (QED) is 0.361. The van der Waals surface area contributed by atoms with E-state index in [-0.39, 0.29) is 22.0 Å². The predicted octanol–water partition coefficient (Wildman–Crippen LogP) is 3.49. The number of hydrogen-bond donors (Lipinski definition) is 2. The average molecular weight is 555 g/mol. The van der Waals surface area contributed by atoms with Crippen LogP contribution in [0.25, 0.3) is 16.6 Å². The van der Waals surface area contributed by atoms with Gasteiger partial charge in [-0.3, -0.25) is 14.2 Å². The van der Waals surface area contributed by atoms with Crippen molar-refractivity contribution in [2.45, 2.75) is 12.5 Å². The number of halogens is 2. The Morgan fingerprint density at radius 3 is 2.21 bits per heavy atom. The van der Waals surface area contributed by atoms with Crippen LogP contribution in [0.3, 0.4) is 0 Å². The molecule has 196 valence electrons. The molecular weight excluding hydrogens is 531 g/mol. The summed E-state index contributed by atoms with van der Waals surface area (Å²) in [6, 6.07) is 14.9. The summed E-state index contributed by atoms with van der Waals surface area (Å²) in [6.45, 7) is 0. The van der Waals surface area contributed by atoms with Crippen LogP contribution in [0.4, 0.5) is 5.69 Å². The van der Waals surface area contributed by atoms with Crippen molar-refractivity contribution in [2.24, 2.45) is 7.05 Å². The molecule has 0 aliphatic carbocycles. The number of amides is 1. The summed E-state index contributed by atoms with van der Waals surface area (Å²) in [5.41, 5.74) is 1.23. The van der Waals surface area contributed by atoms with Crippen molar-refractivity contribution in [1.29, 1.82) is 0 Å². The second-order valence-electron chi connectivity index (χ2n) is 8.91. The second-order valence-corrected chi connectivity index (χ2v) is 9.72. The lowest BCUT2D eigenvalue weighted by Crippen LogP contribution is -2.42. The molecular formula is C27H24Cl2N4O5. The van der Waals surface area contributed by atoms with Crippen LogP contribution < -0.4 is 21.5 Å². The number of carbonyl (C=O) groups is 2. The van der Waals surface area contributed by atoms with Gasteiger partial charge in [0.05, 0.1) is 32.2 Å². The standard InChI is InChI=1S/C27H24Cl2N4O5/c1-31(2)17-11-12-22-18(14-17)25(35)33(27(38)32(22)3)16-9-7-15(8-10-16)13-21(26(36)37)30-24(34)23-19(28)5-4-6-20(23)29/h4-12,14,21H,13H2,1-3H3,(H,30,34)(H,36,37). The Balaban J connectivity index is 1.64. The Labute approximate surface area is 227 Å². The van der Waals surface area contributed by atoms with Crippen LogP contribution in [-0.4, -0.2) is 46.3 Å². The number of aliphatic carboxylic acids is 1. The van der Waals surface area contributed by atoms with Crippen molar-refractivity contribution in [3.05, 3.63) is 103 Å². The lowest BCUT2D eigenvalue weighted by molar-refractivity contribution is -0.139. The number of carboxylic acid groups (broad SMARTS) is 1. The molecule has 0 spiro atoms. The first-order valence-electron chi connectivity index (χ1n) is 11.5. The van der Waals surface area contributed by atoms with E-state index >= 15 is 0 Å². The van der Waals surface area contributed by atoms with Gasteiger partial charge < -0.3 is 15.3 Å². The van der Waals surface area contributed by atoms with E-state index < -0.39 is 29.2 Å². The van der Waals surface area contributed by atoms with E-state index in [4.69, 9.17) is 23.2 Å². The molecule has 0 saturated heterocycles. The third-order valence-electron chi connectivity index (χ3n) is 6.20. The van der Waals surface area contributed by atoms with E-state index in [1.807, 2.05) is 25.1 Å². The van der Waals surface area contributed by atoms with Gasteiger partial charge >= 0.3 is 11.7 Å². The Hall–Kier alpha value is -4.08. The maximum Gasteiger partial charge on any atom is 0.335 e. The van der Waals surface area contributed by atoms with Gasteiger partial charge in [0, 0.05) is 33.3 Å². The van der Waals surface area contributed by atoms with E-state index in [0.29, 0.717) is 22.2 Å². The molecule has 38 heavy (non-hydrogen) atoms. The Morgan fingerprint density at radius 2 is 1.63 bits per heavy atom. The average Bonchev–Trinajstić information content (AvgIpc) is 2.87. The fourth-order valence-corrected chi connectivity index (χ4v) is 4.69. The van der Waals surface area contributed by atoms with Crippen LogP contribution in [0.2, 0.25) is 10.0 Å². The molecule has 3 aromatic carbocycles. The van der Waals surface area contributed by atoms with E-state index in [2.05, 4.69) is 5.32 Å². The van der Waals surface area contributed by atoms with Crippen molar-refractivity contribution in [2.75, 3.05) is 19.0 Å². The van der Waals surface area contributed by atoms with Gasteiger partial charge in [0.1, 0.15) is 6.04 Å². The fourth-order valence-electron chi connectivity index (χ4n) is 4.12. The highest BCUT2D eigenvalue weighted by molar-refractivity contribution is 6.39. The normalized spacial score (nSPS) is 11.8. The lowest BCUT2D eigenvalue weighted by atomic mass is 10.0. The monoisotopic (exact) mass is 554 g/mol. The van der Waals surface area contributed by atoms with Gasteiger partial charge in [-0.25, -0.2) is 14.2 Å². The third kappa shape index (κ3) is 5.16. The van der Waals surface area contributed by atoms with E-state index in [1.54, 1.807) is 49.5 Å². The maximum absolute atomic E-state index is 13.3. The van der Waals surface area contributed by atoms with Crippen molar-refractivity contribution < 1.29 is 14.7 Å². The number of aryl methyl sites for hydroxylation is 1. The zero-order valence-corrected chi connectivity index (χ0v) is 22.2. The van der Waals surface area contributed by atoms with E-state index in [1.165, 1.54) is 16.7 Å². The van der Waals surface area contributed by atoms with E-state index in [0.717, 1.165) is 10.3 Å². The first kappa shape index (κ1) is 27.0. The van der Waals surface area contributed by atoms with Crippen molar-refractivity contribution >= 4 is 51.7 Å². The number of rotatable bonds is 7. The van der Waals surface area contributed by atoms with Crippen molar-refractivity contribution in [3.8, 4) is 5.69 Å². The highest BCUT2D eigenvalue weighted by atomic mass is 35.5. The summed E-state index contributed by atoms with van der Waals surface area (Å²) in [5, 5.41) is 12.7. The van der Waals surface area contributed by atoms with Crippen LogP contribution in [0, 0.1) is 0 Å². The molecule has 4 rings (SSSR count). The topological polar surface area (TPSA) is 114 Å². The molecule has 0 saturated carbocycles. The number of fused-ring (bicyclic) bond motifs is 1.